The van der Waals surface area contributed by atoms with Crippen LogP contribution < -0.4 is 0 Å². The first-order valence-electron chi connectivity index (χ1n) is 7.12. The number of halogens is 3. The lowest BCUT2D eigenvalue weighted by Gasteiger charge is -2.38. The molecule has 1 aliphatic rings. The molecule has 0 amide bonds. The van der Waals surface area contributed by atoms with Crippen molar-refractivity contribution < 1.29 is 13.2 Å². The zero-order chi connectivity index (χ0) is 14.9. The Morgan fingerprint density at radius 2 is 1.85 bits per heavy atom. The van der Waals surface area contributed by atoms with Crippen LogP contribution in [0.4, 0.5) is 13.2 Å². The molecule has 0 aliphatic heterocycles. The summed E-state index contributed by atoms with van der Waals surface area (Å²) in [7, 11) is 4.10. The number of rotatable bonds is 2. The van der Waals surface area contributed by atoms with Crippen molar-refractivity contribution >= 4 is 0 Å². The summed E-state index contributed by atoms with van der Waals surface area (Å²) in [5, 5.41) is 0. The number of nitrogens with zero attached hydrogens (tertiary/aromatic N) is 1. The van der Waals surface area contributed by atoms with Crippen LogP contribution in [0.25, 0.3) is 0 Å². The van der Waals surface area contributed by atoms with E-state index in [1.54, 1.807) is 0 Å². The predicted molar refractivity (Wildman–Crippen MR) is 74.7 cm³/mol. The Balaban J connectivity index is 2.20. The minimum Gasteiger partial charge on any atom is -0.306 e. The number of hydrogen-bond donors (Lipinski definition) is 0. The van der Waals surface area contributed by atoms with Crippen LogP contribution in [-0.2, 0) is 6.18 Å². The maximum atomic E-state index is 12.8. The Labute approximate surface area is 118 Å². The molecule has 112 valence electrons. The molecule has 0 N–H and O–H groups in total. The van der Waals surface area contributed by atoms with Crippen LogP contribution >= 0.6 is 0 Å². The molecule has 1 saturated carbocycles. The average Bonchev–Trinajstić information content (AvgIpc) is 2.38. The molecule has 4 heteroatoms. The SMILES string of the molecule is CC1CCC(c2cccc(C(F)(F)F)c2)CC1N(C)C. The van der Waals surface area contributed by atoms with E-state index < -0.39 is 11.7 Å². The van der Waals surface area contributed by atoms with Crippen molar-refractivity contribution in [1.29, 1.82) is 0 Å². The second-order valence-corrected chi connectivity index (χ2v) is 6.14. The van der Waals surface area contributed by atoms with Gasteiger partial charge in [0.2, 0.25) is 0 Å². The summed E-state index contributed by atoms with van der Waals surface area (Å²) in [6, 6.07) is 6.29. The average molecular weight is 285 g/mol. The lowest BCUT2D eigenvalue weighted by molar-refractivity contribution is -0.137. The fourth-order valence-corrected chi connectivity index (χ4v) is 3.29. The Morgan fingerprint density at radius 3 is 2.45 bits per heavy atom. The van der Waals surface area contributed by atoms with E-state index in [0.29, 0.717) is 12.0 Å². The number of benzene rings is 1. The third kappa shape index (κ3) is 3.35. The van der Waals surface area contributed by atoms with Crippen LogP contribution in [-0.4, -0.2) is 25.0 Å². The highest BCUT2D eigenvalue weighted by Crippen LogP contribution is 2.39. The van der Waals surface area contributed by atoms with Crippen molar-refractivity contribution in [1.82, 2.24) is 4.90 Å². The van der Waals surface area contributed by atoms with E-state index in [-0.39, 0.29) is 5.92 Å². The van der Waals surface area contributed by atoms with Gasteiger partial charge in [-0.15, -0.1) is 0 Å². The van der Waals surface area contributed by atoms with Crippen molar-refractivity contribution in [3.63, 3.8) is 0 Å². The van der Waals surface area contributed by atoms with Crippen LogP contribution in [0.1, 0.15) is 43.2 Å². The fourth-order valence-electron chi connectivity index (χ4n) is 3.29. The van der Waals surface area contributed by atoms with Gasteiger partial charge in [-0.3, -0.25) is 0 Å². The van der Waals surface area contributed by atoms with E-state index in [0.717, 1.165) is 30.9 Å². The fraction of sp³-hybridized carbons (Fsp3) is 0.625. The van der Waals surface area contributed by atoms with Gasteiger partial charge in [-0.05, 0) is 56.8 Å². The van der Waals surface area contributed by atoms with Crippen molar-refractivity contribution in [3.8, 4) is 0 Å². The Kier molecular flexibility index (Phi) is 4.43. The molecule has 1 aromatic rings. The van der Waals surface area contributed by atoms with Crippen molar-refractivity contribution in [2.24, 2.45) is 5.92 Å². The molecule has 1 nitrogen and oxygen atoms in total. The zero-order valence-corrected chi connectivity index (χ0v) is 12.2. The van der Waals surface area contributed by atoms with Crippen LogP contribution in [0.3, 0.4) is 0 Å². The maximum absolute atomic E-state index is 12.8. The molecule has 1 aromatic carbocycles. The predicted octanol–water partition coefficient (Wildman–Crippen LogP) is 4.54. The van der Waals surface area contributed by atoms with Crippen molar-refractivity contribution in [2.45, 2.75) is 44.3 Å². The molecule has 3 atom stereocenters. The van der Waals surface area contributed by atoms with E-state index in [9.17, 15) is 13.2 Å². The maximum Gasteiger partial charge on any atom is 0.416 e. The normalized spacial score (nSPS) is 27.9. The summed E-state index contributed by atoms with van der Waals surface area (Å²) in [5.41, 5.74) is 0.300. The van der Waals surface area contributed by atoms with E-state index in [2.05, 4.69) is 25.9 Å². The first-order valence-corrected chi connectivity index (χ1v) is 7.12. The number of alkyl halides is 3. The van der Waals surface area contributed by atoms with Crippen molar-refractivity contribution in [2.75, 3.05) is 14.1 Å². The Hall–Kier alpha value is -1.03. The minimum absolute atomic E-state index is 0.237. The van der Waals surface area contributed by atoms with Crippen LogP contribution in [0.2, 0.25) is 0 Å². The highest BCUT2D eigenvalue weighted by atomic mass is 19.4. The third-order valence-corrected chi connectivity index (χ3v) is 4.50. The molecule has 0 saturated heterocycles. The van der Waals surface area contributed by atoms with Gasteiger partial charge in [-0.25, -0.2) is 0 Å². The van der Waals surface area contributed by atoms with Gasteiger partial charge in [-0.2, -0.15) is 13.2 Å². The van der Waals surface area contributed by atoms with Crippen LogP contribution in [0, 0.1) is 5.92 Å². The number of hydrogen-bond acceptors (Lipinski definition) is 1. The lowest BCUT2D eigenvalue weighted by atomic mass is 9.75. The Morgan fingerprint density at radius 1 is 1.15 bits per heavy atom. The molecule has 1 aliphatic carbocycles. The van der Waals surface area contributed by atoms with Crippen LogP contribution in [0.5, 0.6) is 0 Å². The second kappa shape index (κ2) is 5.76. The largest absolute Gasteiger partial charge is 0.416 e. The monoisotopic (exact) mass is 285 g/mol. The summed E-state index contributed by atoms with van der Waals surface area (Å²) in [5.74, 6) is 0.841. The second-order valence-electron chi connectivity index (χ2n) is 6.14. The molecule has 0 radical (unpaired) electrons. The summed E-state index contributed by atoms with van der Waals surface area (Å²) in [6.07, 6.45) is -1.26. The quantitative estimate of drug-likeness (QED) is 0.771. The minimum atomic E-state index is -4.25. The summed E-state index contributed by atoms with van der Waals surface area (Å²) < 4.78 is 38.4. The molecule has 3 unspecified atom stereocenters. The van der Waals surface area contributed by atoms with Crippen LogP contribution in [0.15, 0.2) is 24.3 Å². The molecule has 0 bridgehead atoms. The Bertz CT molecular complexity index is 453. The molecule has 0 spiro atoms. The topological polar surface area (TPSA) is 3.24 Å². The van der Waals surface area contributed by atoms with Gasteiger partial charge in [0.1, 0.15) is 0 Å². The molecule has 0 heterocycles. The van der Waals surface area contributed by atoms with Gasteiger partial charge in [0, 0.05) is 6.04 Å². The van der Waals surface area contributed by atoms with Gasteiger partial charge in [0.15, 0.2) is 0 Å². The molecule has 1 fully saturated rings. The summed E-state index contributed by atoms with van der Waals surface area (Å²) >= 11 is 0. The highest BCUT2D eigenvalue weighted by Gasteiger charge is 2.33. The van der Waals surface area contributed by atoms with Gasteiger partial charge < -0.3 is 4.90 Å². The van der Waals surface area contributed by atoms with Gasteiger partial charge in [-0.1, -0.05) is 25.1 Å². The van der Waals surface area contributed by atoms with E-state index >= 15 is 0 Å². The van der Waals surface area contributed by atoms with E-state index in [1.807, 2.05) is 6.07 Å². The first kappa shape index (κ1) is 15.4. The van der Waals surface area contributed by atoms with E-state index in [4.69, 9.17) is 0 Å². The lowest BCUT2D eigenvalue weighted by Crippen LogP contribution is -2.38. The van der Waals surface area contributed by atoms with Gasteiger partial charge >= 0.3 is 6.18 Å². The third-order valence-electron chi connectivity index (χ3n) is 4.50. The molecular formula is C16H22F3N. The molecule has 0 aromatic heterocycles. The van der Waals surface area contributed by atoms with Crippen molar-refractivity contribution in [3.05, 3.63) is 35.4 Å². The summed E-state index contributed by atoms with van der Waals surface area (Å²) in [4.78, 5) is 2.20. The van der Waals surface area contributed by atoms with E-state index in [1.165, 1.54) is 12.1 Å². The first-order chi connectivity index (χ1) is 9.29. The smallest absolute Gasteiger partial charge is 0.306 e. The molecule has 20 heavy (non-hydrogen) atoms. The van der Waals surface area contributed by atoms with Gasteiger partial charge in [0.05, 0.1) is 5.56 Å². The highest BCUT2D eigenvalue weighted by molar-refractivity contribution is 5.29. The standard InChI is InChI=1S/C16H22F3N/c1-11-7-8-13(10-15(11)20(2)3)12-5-4-6-14(9-12)16(17,18)19/h4-6,9,11,13,15H,7-8,10H2,1-3H3. The summed E-state index contributed by atoms with van der Waals surface area (Å²) in [6.45, 7) is 2.23. The molecule has 2 rings (SSSR count). The van der Waals surface area contributed by atoms with Gasteiger partial charge in [0.25, 0.3) is 0 Å². The molecular weight excluding hydrogens is 263 g/mol. The zero-order valence-electron chi connectivity index (χ0n) is 12.2.